The Balaban J connectivity index is 2.52. The van der Waals surface area contributed by atoms with Gasteiger partial charge in [-0.1, -0.05) is 12.2 Å². The second-order valence-corrected chi connectivity index (χ2v) is 4.52. The second-order valence-electron chi connectivity index (χ2n) is 3.46. The summed E-state index contributed by atoms with van der Waals surface area (Å²) in [5, 5.41) is 0. The van der Waals surface area contributed by atoms with Crippen LogP contribution in [0.15, 0.2) is 14.8 Å². The van der Waals surface area contributed by atoms with Crippen LogP contribution in [0.2, 0.25) is 0 Å². The highest BCUT2D eigenvalue weighted by molar-refractivity contribution is 7.58. The Kier molecular flexibility index (Phi) is 2.19. The van der Waals surface area contributed by atoms with Crippen molar-refractivity contribution in [2.45, 2.75) is 13.8 Å². The van der Waals surface area contributed by atoms with Crippen LogP contribution in [0.25, 0.3) is 17.1 Å². The summed E-state index contributed by atoms with van der Waals surface area (Å²) in [7, 11) is 0. The van der Waals surface area contributed by atoms with Gasteiger partial charge in [0.25, 0.3) is 0 Å². The summed E-state index contributed by atoms with van der Waals surface area (Å²) < 4.78 is 17.3. The molecule has 1 aliphatic rings. The van der Waals surface area contributed by atoms with E-state index in [1.54, 1.807) is 0 Å². The van der Waals surface area contributed by atoms with E-state index in [9.17, 15) is 0 Å². The summed E-state index contributed by atoms with van der Waals surface area (Å²) in [5.41, 5.74) is 5.85. The molecule has 4 nitrogen and oxygen atoms in total. The smallest absolute Gasteiger partial charge is 0.114 e. The third-order valence-electron chi connectivity index (χ3n) is 2.53. The quantitative estimate of drug-likeness (QED) is 0.658. The van der Waals surface area contributed by atoms with E-state index in [1.807, 2.05) is 26.0 Å². The number of fused-ring (bicyclic) bond motifs is 2. The van der Waals surface area contributed by atoms with Crippen LogP contribution >= 0.6 is 11.7 Å². The number of hydrogen-bond acceptors (Lipinski definition) is 5. The molecular formula is C10H8N4S2. The van der Waals surface area contributed by atoms with E-state index in [0.717, 1.165) is 33.5 Å². The Morgan fingerprint density at radius 1 is 1.06 bits per heavy atom. The largest absolute Gasteiger partial charge is 0.173 e. The molecule has 0 unspecified atom stereocenters. The molecule has 0 amide bonds. The average molecular weight is 248 g/mol. The van der Waals surface area contributed by atoms with Gasteiger partial charge >= 0.3 is 0 Å². The Morgan fingerprint density at radius 2 is 1.81 bits per heavy atom. The molecule has 0 saturated carbocycles. The van der Waals surface area contributed by atoms with Crippen LogP contribution in [0.5, 0.6) is 0 Å². The number of benzene rings is 1. The zero-order valence-electron chi connectivity index (χ0n) is 8.76. The number of allylic oxidation sites excluding steroid dienone is 1. The van der Waals surface area contributed by atoms with Crippen molar-refractivity contribution in [1.82, 2.24) is 8.75 Å². The first-order valence-electron chi connectivity index (χ1n) is 4.82. The molecule has 80 valence electrons. The van der Waals surface area contributed by atoms with Crippen molar-refractivity contribution in [3.63, 3.8) is 0 Å². The van der Waals surface area contributed by atoms with Gasteiger partial charge < -0.3 is 0 Å². The van der Waals surface area contributed by atoms with Crippen molar-refractivity contribution in [2.24, 2.45) is 8.73 Å². The monoisotopic (exact) mass is 248 g/mol. The van der Waals surface area contributed by atoms with Crippen LogP contribution in [0, 0.1) is 6.92 Å². The van der Waals surface area contributed by atoms with Gasteiger partial charge in [-0.3, -0.25) is 0 Å². The van der Waals surface area contributed by atoms with Crippen molar-refractivity contribution < 1.29 is 0 Å². The predicted octanol–water partition coefficient (Wildman–Crippen LogP) is 3.76. The lowest BCUT2D eigenvalue weighted by atomic mass is 10.0. The summed E-state index contributed by atoms with van der Waals surface area (Å²) >= 11 is 2.47. The first-order chi connectivity index (χ1) is 7.83. The van der Waals surface area contributed by atoms with Gasteiger partial charge in [-0.05, 0) is 13.8 Å². The molecule has 1 aliphatic heterocycles. The number of nitrogens with zero attached hydrogens (tertiary/aromatic N) is 4. The first-order valence-corrected chi connectivity index (χ1v) is 6.28. The van der Waals surface area contributed by atoms with E-state index >= 15 is 0 Å². The summed E-state index contributed by atoms with van der Waals surface area (Å²) in [6.45, 7) is 4.00. The molecule has 0 saturated heterocycles. The van der Waals surface area contributed by atoms with Gasteiger partial charge in [-0.15, -0.1) is 0 Å². The lowest BCUT2D eigenvalue weighted by molar-refractivity contribution is 1.42. The Bertz CT molecular complexity index is 678. The van der Waals surface area contributed by atoms with Crippen molar-refractivity contribution in [3.05, 3.63) is 17.2 Å². The molecule has 1 aromatic heterocycles. The van der Waals surface area contributed by atoms with Crippen molar-refractivity contribution in [3.8, 4) is 0 Å². The third kappa shape index (κ3) is 1.20. The minimum absolute atomic E-state index is 0.931. The fourth-order valence-corrected chi connectivity index (χ4v) is 3.00. The van der Waals surface area contributed by atoms with Crippen LogP contribution < -0.4 is 0 Å². The van der Waals surface area contributed by atoms with Crippen LogP contribution in [0.4, 0.5) is 11.4 Å². The fraction of sp³-hybridized carbons (Fsp3) is 0.200. The molecule has 2 heterocycles. The van der Waals surface area contributed by atoms with E-state index in [-0.39, 0.29) is 0 Å². The summed E-state index contributed by atoms with van der Waals surface area (Å²) in [5.74, 6) is 0. The normalized spacial score (nSPS) is 13.6. The van der Waals surface area contributed by atoms with Gasteiger partial charge in [0.2, 0.25) is 0 Å². The van der Waals surface area contributed by atoms with Gasteiger partial charge in [0.05, 0.1) is 23.1 Å². The van der Waals surface area contributed by atoms with Crippen molar-refractivity contribution >= 4 is 51.6 Å². The Hall–Kier alpha value is -1.40. The van der Waals surface area contributed by atoms with Crippen LogP contribution in [0.3, 0.4) is 0 Å². The van der Waals surface area contributed by atoms with Gasteiger partial charge in [-0.25, -0.2) is 0 Å². The first kappa shape index (κ1) is 9.80. The zero-order valence-corrected chi connectivity index (χ0v) is 10.4. The molecule has 1 aromatic carbocycles. The third-order valence-corrected chi connectivity index (χ3v) is 3.59. The maximum absolute atomic E-state index is 4.34. The summed E-state index contributed by atoms with van der Waals surface area (Å²) in [4.78, 5) is 0. The van der Waals surface area contributed by atoms with E-state index in [2.05, 4.69) is 17.5 Å². The number of rotatable bonds is 1. The number of aromatic nitrogens is 2. The highest BCUT2D eigenvalue weighted by Crippen LogP contribution is 2.43. The molecule has 0 N–H and O–H groups in total. The van der Waals surface area contributed by atoms with Crippen molar-refractivity contribution in [1.29, 1.82) is 0 Å². The highest BCUT2D eigenvalue weighted by atomic mass is 32.1. The minimum Gasteiger partial charge on any atom is -0.173 e. The van der Waals surface area contributed by atoms with Crippen LogP contribution in [-0.4, -0.2) is 8.75 Å². The van der Waals surface area contributed by atoms with Gasteiger partial charge in [0, 0.05) is 11.1 Å². The van der Waals surface area contributed by atoms with Gasteiger partial charge in [0.1, 0.15) is 22.4 Å². The lowest BCUT2D eigenvalue weighted by Crippen LogP contribution is -1.84. The maximum atomic E-state index is 4.34. The zero-order chi connectivity index (χ0) is 11.1. The maximum Gasteiger partial charge on any atom is 0.114 e. The lowest BCUT2D eigenvalue weighted by Gasteiger charge is -2.04. The number of hydrogen-bond donors (Lipinski definition) is 0. The minimum atomic E-state index is 0.931. The molecule has 0 aliphatic carbocycles. The Morgan fingerprint density at radius 3 is 2.62 bits per heavy atom. The molecule has 6 heteroatoms. The molecule has 0 spiro atoms. The molecule has 0 fully saturated rings. The van der Waals surface area contributed by atoms with Gasteiger partial charge in [0.15, 0.2) is 0 Å². The second kappa shape index (κ2) is 3.57. The molecule has 0 atom stereocenters. The van der Waals surface area contributed by atoms with E-state index in [1.165, 1.54) is 23.1 Å². The topological polar surface area (TPSA) is 50.5 Å². The average Bonchev–Trinajstić information content (AvgIpc) is 2.92. The number of aryl methyl sites for hydroxylation is 1. The van der Waals surface area contributed by atoms with E-state index in [0.29, 0.717) is 0 Å². The van der Waals surface area contributed by atoms with Crippen molar-refractivity contribution in [2.75, 3.05) is 0 Å². The predicted molar refractivity (Wildman–Crippen MR) is 68.4 cm³/mol. The van der Waals surface area contributed by atoms with Crippen LogP contribution in [-0.2, 0) is 11.4 Å². The van der Waals surface area contributed by atoms with E-state index in [4.69, 9.17) is 0 Å². The van der Waals surface area contributed by atoms with Crippen LogP contribution in [0.1, 0.15) is 18.1 Å². The summed E-state index contributed by atoms with van der Waals surface area (Å²) in [6, 6.07) is 0. The van der Waals surface area contributed by atoms with E-state index < -0.39 is 0 Å². The molecule has 3 rings (SSSR count). The Labute approximate surface area is 100 Å². The molecule has 0 bridgehead atoms. The summed E-state index contributed by atoms with van der Waals surface area (Å²) in [6.07, 6.45) is 4.01. The van der Waals surface area contributed by atoms with Gasteiger partial charge in [-0.2, -0.15) is 17.5 Å². The molecule has 0 radical (unpaired) electrons. The molecular weight excluding hydrogens is 240 g/mol. The standard InChI is InChI=1S/C10H8N4S2/c1-3-4-6-9-7(11-15-13-9)5(2)8-10(6)14-16-12-8/h3-4H,1-2H3/b4-3+. The molecule has 16 heavy (non-hydrogen) atoms. The highest BCUT2D eigenvalue weighted by Gasteiger charge is 2.19. The SMILES string of the molecule is C/C=C/c1c2c(c(C)c3nsnc13)N=S=N2. The fourth-order valence-electron chi connectivity index (χ4n) is 1.77. The molecule has 2 aromatic rings.